The lowest BCUT2D eigenvalue weighted by molar-refractivity contribution is -0.130. The maximum atomic E-state index is 14.3. The maximum Gasteiger partial charge on any atom is 0.195 e. The second-order valence-corrected chi connectivity index (χ2v) is 8.01. The summed E-state index contributed by atoms with van der Waals surface area (Å²) in [7, 11) is 0. The normalized spacial score (nSPS) is 24.6. The number of rotatable bonds is 2. The highest BCUT2D eigenvalue weighted by molar-refractivity contribution is 6.30. The van der Waals surface area contributed by atoms with E-state index in [4.69, 9.17) is 16.3 Å². The van der Waals surface area contributed by atoms with Gasteiger partial charge in [0.15, 0.2) is 5.78 Å². The third kappa shape index (κ3) is 2.79. The second kappa shape index (κ2) is 6.18. The van der Waals surface area contributed by atoms with Crippen LogP contribution in [0.5, 0.6) is 0 Å². The van der Waals surface area contributed by atoms with Gasteiger partial charge in [-0.1, -0.05) is 23.7 Å². The van der Waals surface area contributed by atoms with Gasteiger partial charge in [0.2, 0.25) is 0 Å². The van der Waals surface area contributed by atoms with E-state index in [2.05, 4.69) is 0 Å². The van der Waals surface area contributed by atoms with Crippen LogP contribution in [0.3, 0.4) is 0 Å². The minimum atomic E-state index is -0.812. The molecule has 2 bridgehead atoms. The Balaban J connectivity index is 1.87. The molecule has 2 aliphatic rings. The van der Waals surface area contributed by atoms with Crippen molar-refractivity contribution in [3.05, 3.63) is 63.6 Å². The summed E-state index contributed by atoms with van der Waals surface area (Å²) in [6.07, 6.45) is 0.716. The van der Waals surface area contributed by atoms with Crippen molar-refractivity contribution < 1.29 is 19.0 Å². The number of Topliss-reactive ketones (excluding diaryl/α,β-unsaturated/α-hetero) is 1. The maximum absolute atomic E-state index is 14.3. The van der Waals surface area contributed by atoms with Crippen molar-refractivity contribution >= 4 is 23.0 Å². The fourth-order valence-corrected chi connectivity index (χ4v) is 4.38. The van der Waals surface area contributed by atoms with Gasteiger partial charge >= 0.3 is 0 Å². The fourth-order valence-electron chi connectivity index (χ4n) is 4.22. The number of carbonyl (C=O) groups excluding carboxylic acids is 1. The van der Waals surface area contributed by atoms with E-state index in [-0.39, 0.29) is 11.5 Å². The first-order valence-corrected chi connectivity index (χ1v) is 9.32. The van der Waals surface area contributed by atoms with Crippen molar-refractivity contribution in [2.45, 2.75) is 45.3 Å². The Labute approximate surface area is 162 Å². The lowest BCUT2D eigenvalue weighted by Gasteiger charge is -2.31. The van der Waals surface area contributed by atoms with Crippen LogP contribution in [0.2, 0.25) is 5.02 Å². The number of carbonyl (C=O) groups is 1. The minimum Gasteiger partial charge on any atom is -0.508 e. The molecule has 0 saturated carbocycles. The number of aliphatic hydroxyl groups is 1. The van der Waals surface area contributed by atoms with Crippen molar-refractivity contribution in [2.24, 2.45) is 0 Å². The van der Waals surface area contributed by atoms with Gasteiger partial charge in [0.25, 0.3) is 0 Å². The Bertz CT molecular complexity index is 988. The Morgan fingerprint density at radius 3 is 2.52 bits per heavy atom. The molecule has 2 heterocycles. The lowest BCUT2D eigenvalue weighted by atomic mass is 9.85. The summed E-state index contributed by atoms with van der Waals surface area (Å²) in [5.41, 5.74) is 2.99. The van der Waals surface area contributed by atoms with E-state index in [9.17, 15) is 14.3 Å². The fraction of sp³-hybridized carbons (Fsp3) is 0.318. The largest absolute Gasteiger partial charge is 0.508 e. The van der Waals surface area contributed by atoms with Crippen LogP contribution in [0.4, 0.5) is 4.39 Å². The molecular formula is C22H20ClFO3. The highest BCUT2D eigenvalue weighted by Gasteiger charge is 2.50. The molecule has 1 saturated heterocycles. The van der Waals surface area contributed by atoms with E-state index < -0.39 is 17.5 Å². The molecule has 2 aromatic carbocycles. The van der Waals surface area contributed by atoms with Gasteiger partial charge in [-0.15, -0.1) is 0 Å². The summed E-state index contributed by atoms with van der Waals surface area (Å²) in [5, 5.41) is 11.1. The molecule has 0 amide bonds. The molecule has 1 N–H and O–H groups in total. The van der Waals surface area contributed by atoms with Gasteiger partial charge in [0.1, 0.15) is 23.3 Å². The number of ketones is 1. The van der Waals surface area contributed by atoms with Gasteiger partial charge in [0, 0.05) is 10.6 Å². The molecule has 1 fully saturated rings. The number of fused-ring (bicyclic) bond motifs is 2. The van der Waals surface area contributed by atoms with Crippen molar-refractivity contribution in [3.8, 4) is 11.1 Å². The molecule has 140 valence electrons. The van der Waals surface area contributed by atoms with Crippen LogP contribution in [-0.2, 0) is 9.53 Å². The molecule has 0 aromatic heterocycles. The number of benzene rings is 2. The van der Waals surface area contributed by atoms with Crippen LogP contribution in [0, 0.1) is 19.7 Å². The molecule has 0 spiro atoms. The Morgan fingerprint density at radius 1 is 1.22 bits per heavy atom. The van der Waals surface area contributed by atoms with Gasteiger partial charge in [-0.25, -0.2) is 4.39 Å². The van der Waals surface area contributed by atoms with E-state index in [1.54, 1.807) is 12.1 Å². The predicted octanol–water partition coefficient (Wildman–Crippen LogP) is 5.55. The van der Waals surface area contributed by atoms with Gasteiger partial charge in [0.05, 0.1) is 5.57 Å². The first-order chi connectivity index (χ1) is 12.7. The number of hydrogen-bond acceptors (Lipinski definition) is 3. The Kier molecular flexibility index (Phi) is 4.17. The minimum absolute atomic E-state index is 0.00197. The smallest absolute Gasteiger partial charge is 0.195 e. The van der Waals surface area contributed by atoms with Crippen LogP contribution in [-0.4, -0.2) is 22.6 Å². The van der Waals surface area contributed by atoms with Crippen LogP contribution in [0.1, 0.15) is 36.5 Å². The van der Waals surface area contributed by atoms with E-state index in [0.29, 0.717) is 40.1 Å². The van der Waals surface area contributed by atoms with Gasteiger partial charge in [-0.2, -0.15) is 0 Å². The summed E-state index contributed by atoms with van der Waals surface area (Å²) in [5.74, 6) is -0.583. The molecule has 0 unspecified atom stereocenters. The monoisotopic (exact) mass is 386 g/mol. The summed E-state index contributed by atoms with van der Waals surface area (Å²) in [4.78, 5) is 12.9. The molecule has 4 rings (SSSR count). The average Bonchev–Trinajstić information content (AvgIpc) is 2.96. The zero-order valence-corrected chi connectivity index (χ0v) is 16.2. The van der Waals surface area contributed by atoms with E-state index in [1.165, 1.54) is 6.07 Å². The Morgan fingerprint density at radius 2 is 1.89 bits per heavy atom. The molecule has 2 aromatic rings. The standard InChI is InChI=1S/C22H20ClFO3/c1-11-8-13(15-5-4-14(23)10-16(15)24)9-12(2)18(11)19-20(25)17-6-7-22(3,27-17)21(19)26/h4-5,8-10,17,26H,6-7H2,1-3H3/t17-,22-/m1/s1. The van der Waals surface area contributed by atoms with E-state index in [1.807, 2.05) is 32.9 Å². The number of halogens is 2. The van der Waals surface area contributed by atoms with Crippen molar-refractivity contribution in [1.29, 1.82) is 0 Å². The molecule has 0 aliphatic carbocycles. The van der Waals surface area contributed by atoms with Gasteiger partial charge in [-0.05, 0) is 74.1 Å². The topological polar surface area (TPSA) is 46.5 Å². The zero-order chi connectivity index (χ0) is 19.5. The SMILES string of the molecule is Cc1cc(-c2ccc(Cl)cc2F)cc(C)c1C1=C(O)[C@@]2(C)CC[C@@H](O2)C1=O. The molecule has 3 nitrogen and oxygen atoms in total. The summed E-state index contributed by atoms with van der Waals surface area (Å²) >= 11 is 5.85. The lowest BCUT2D eigenvalue weighted by Crippen LogP contribution is -2.38. The first kappa shape index (κ1) is 18.2. The molecule has 5 heteroatoms. The van der Waals surface area contributed by atoms with Crippen molar-refractivity contribution in [2.75, 3.05) is 0 Å². The molecule has 2 atom stereocenters. The highest BCUT2D eigenvalue weighted by Crippen LogP contribution is 2.46. The third-order valence-corrected chi connectivity index (χ3v) is 5.82. The summed E-state index contributed by atoms with van der Waals surface area (Å²) < 4.78 is 20.1. The van der Waals surface area contributed by atoms with Crippen LogP contribution in [0.25, 0.3) is 16.7 Å². The molecular weight excluding hydrogens is 367 g/mol. The number of aliphatic hydroxyl groups excluding tert-OH is 1. The summed E-state index contributed by atoms with van der Waals surface area (Å²) in [6.45, 7) is 5.55. The van der Waals surface area contributed by atoms with Crippen LogP contribution in [0.15, 0.2) is 36.1 Å². The first-order valence-electron chi connectivity index (χ1n) is 8.94. The summed E-state index contributed by atoms with van der Waals surface area (Å²) in [6, 6.07) is 8.24. The van der Waals surface area contributed by atoms with E-state index in [0.717, 1.165) is 11.1 Å². The van der Waals surface area contributed by atoms with Crippen molar-refractivity contribution in [1.82, 2.24) is 0 Å². The van der Waals surface area contributed by atoms with Crippen LogP contribution >= 0.6 is 11.6 Å². The number of hydrogen-bond donors (Lipinski definition) is 1. The average molecular weight is 387 g/mol. The molecule has 0 radical (unpaired) electrons. The number of ether oxygens (including phenoxy) is 1. The molecule has 2 aliphatic heterocycles. The Hall–Kier alpha value is -2.17. The third-order valence-electron chi connectivity index (χ3n) is 5.59. The van der Waals surface area contributed by atoms with E-state index >= 15 is 0 Å². The predicted molar refractivity (Wildman–Crippen MR) is 103 cm³/mol. The van der Waals surface area contributed by atoms with Gasteiger partial charge < -0.3 is 9.84 Å². The second-order valence-electron chi connectivity index (χ2n) is 7.57. The van der Waals surface area contributed by atoms with Gasteiger partial charge in [-0.3, -0.25) is 4.79 Å². The zero-order valence-electron chi connectivity index (χ0n) is 15.4. The highest BCUT2D eigenvalue weighted by atomic mass is 35.5. The quantitative estimate of drug-likeness (QED) is 0.735. The molecule has 27 heavy (non-hydrogen) atoms. The number of aryl methyl sites for hydroxylation is 2. The van der Waals surface area contributed by atoms with Crippen molar-refractivity contribution in [3.63, 3.8) is 0 Å². The van der Waals surface area contributed by atoms with Crippen LogP contribution < -0.4 is 0 Å².